The Kier molecular flexibility index (Phi) is 4.82. The Bertz CT molecular complexity index is 276. The Morgan fingerprint density at radius 3 is 2.94 bits per heavy atom. The fourth-order valence-electron chi connectivity index (χ4n) is 2.15. The van der Waals surface area contributed by atoms with Gasteiger partial charge >= 0.3 is 0 Å². The highest BCUT2D eigenvalue weighted by Gasteiger charge is 2.14. The van der Waals surface area contributed by atoms with E-state index < -0.39 is 0 Å². The lowest BCUT2D eigenvalue weighted by Gasteiger charge is -2.30. The monoisotopic (exact) mass is 238 g/mol. The van der Waals surface area contributed by atoms with Gasteiger partial charge < -0.3 is 10.2 Å². The molecule has 90 valence electrons. The minimum Gasteiger partial charge on any atom is -0.311 e. The van der Waals surface area contributed by atoms with Crippen LogP contribution in [0.25, 0.3) is 0 Å². The molecule has 2 rings (SSSR count). The summed E-state index contributed by atoms with van der Waals surface area (Å²) in [6.07, 6.45) is 2.76. The number of piperidine rings is 1. The molecule has 0 atom stereocenters. The summed E-state index contributed by atoms with van der Waals surface area (Å²) in [5.41, 5.74) is 1.41. The lowest BCUT2D eigenvalue weighted by atomic mass is 9.99. The van der Waals surface area contributed by atoms with Crippen molar-refractivity contribution in [1.29, 1.82) is 0 Å². The molecule has 0 spiro atoms. The quantitative estimate of drug-likeness (QED) is 0.793. The predicted octanol–water partition coefficient (Wildman–Crippen LogP) is 2.57. The van der Waals surface area contributed by atoms with Crippen LogP contribution < -0.4 is 5.32 Å². The number of hydrogen-bond acceptors (Lipinski definition) is 3. The Labute approximate surface area is 103 Å². The first kappa shape index (κ1) is 12.1. The van der Waals surface area contributed by atoms with E-state index in [0.29, 0.717) is 0 Å². The maximum Gasteiger partial charge on any atom is 0.0214 e. The average Bonchev–Trinajstić information content (AvgIpc) is 2.80. The third-order valence-corrected chi connectivity index (χ3v) is 4.12. The number of rotatable bonds is 5. The summed E-state index contributed by atoms with van der Waals surface area (Å²) in [5.74, 6) is 0.940. The van der Waals surface area contributed by atoms with Gasteiger partial charge in [-0.15, -0.1) is 0 Å². The van der Waals surface area contributed by atoms with Crippen LogP contribution in [0.5, 0.6) is 0 Å². The zero-order valence-electron chi connectivity index (χ0n) is 10.1. The van der Waals surface area contributed by atoms with E-state index in [-0.39, 0.29) is 0 Å². The van der Waals surface area contributed by atoms with Crippen LogP contribution in [-0.2, 0) is 6.54 Å². The summed E-state index contributed by atoms with van der Waals surface area (Å²) >= 11 is 1.78. The first-order valence-electron chi connectivity index (χ1n) is 6.29. The number of thiophene rings is 1. The van der Waals surface area contributed by atoms with Gasteiger partial charge in [0.2, 0.25) is 0 Å². The van der Waals surface area contributed by atoms with Gasteiger partial charge in [0.15, 0.2) is 0 Å². The molecular formula is C13H22N2S. The molecule has 2 nitrogen and oxygen atoms in total. The minimum atomic E-state index is 0.940. The fraction of sp³-hybridized carbons (Fsp3) is 0.692. The summed E-state index contributed by atoms with van der Waals surface area (Å²) in [5, 5.41) is 7.87. The average molecular weight is 238 g/mol. The van der Waals surface area contributed by atoms with Crippen LogP contribution in [0.15, 0.2) is 16.8 Å². The molecule has 3 heteroatoms. The van der Waals surface area contributed by atoms with Gasteiger partial charge in [-0.1, -0.05) is 6.92 Å². The van der Waals surface area contributed by atoms with Crippen molar-refractivity contribution in [3.05, 3.63) is 22.4 Å². The van der Waals surface area contributed by atoms with Gasteiger partial charge in [0.05, 0.1) is 0 Å². The smallest absolute Gasteiger partial charge is 0.0214 e. The zero-order valence-corrected chi connectivity index (χ0v) is 10.9. The predicted molar refractivity (Wildman–Crippen MR) is 70.9 cm³/mol. The third kappa shape index (κ3) is 3.89. The molecule has 0 aromatic carbocycles. The number of hydrogen-bond donors (Lipinski definition) is 1. The van der Waals surface area contributed by atoms with E-state index in [2.05, 4.69) is 34.0 Å². The minimum absolute atomic E-state index is 0.940. The van der Waals surface area contributed by atoms with E-state index in [0.717, 1.165) is 19.0 Å². The van der Waals surface area contributed by atoms with Crippen molar-refractivity contribution in [2.75, 3.05) is 26.2 Å². The molecule has 1 aliphatic rings. The van der Waals surface area contributed by atoms with Gasteiger partial charge in [-0.05, 0) is 54.2 Å². The van der Waals surface area contributed by atoms with Crippen molar-refractivity contribution >= 4 is 11.3 Å². The van der Waals surface area contributed by atoms with Crippen molar-refractivity contribution in [3.63, 3.8) is 0 Å². The molecule has 2 heterocycles. The molecule has 0 radical (unpaired) electrons. The maximum absolute atomic E-state index is 3.51. The van der Waals surface area contributed by atoms with Crippen LogP contribution >= 0.6 is 11.3 Å². The van der Waals surface area contributed by atoms with E-state index in [4.69, 9.17) is 0 Å². The molecule has 1 aromatic rings. The Balaban J connectivity index is 1.55. The second-order valence-electron chi connectivity index (χ2n) is 4.83. The highest BCUT2D eigenvalue weighted by Crippen LogP contribution is 2.15. The molecule has 1 aliphatic heterocycles. The van der Waals surface area contributed by atoms with Gasteiger partial charge in [-0.25, -0.2) is 0 Å². The van der Waals surface area contributed by atoms with Crippen LogP contribution in [0.2, 0.25) is 0 Å². The second-order valence-corrected chi connectivity index (χ2v) is 5.61. The van der Waals surface area contributed by atoms with Crippen molar-refractivity contribution < 1.29 is 0 Å². The lowest BCUT2D eigenvalue weighted by Crippen LogP contribution is -2.37. The fourth-order valence-corrected chi connectivity index (χ4v) is 2.82. The summed E-state index contributed by atoms with van der Waals surface area (Å²) in [6, 6.07) is 2.19. The Hall–Kier alpha value is -0.380. The molecule has 0 saturated carbocycles. The van der Waals surface area contributed by atoms with Crippen molar-refractivity contribution in [3.8, 4) is 0 Å². The number of likely N-dealkylation sites (tertiary alicyclic amines) is 1. The van der Waals surface area contributed by atoms with Crippen molar-refractivity contribution in [2.24, 2.45) is 5.92 Å². The molecule has 1 aromatic heterocycles. The normalized spacial score (nSPS) is 19.1. The standard InChI is InChI=1S/C13H22N2S/c1-12-2-6-15(7-3-12)8-5-14-10-13-4-9-16-11-13/h4,9,11-12,14H,2-3,5-8,10H2,1H3. The van der Waals surface area contributed by atoms with Gasteiger partial charge in [0.1, 0.15) is 0 Å². The summed E-state index contributed by atoms with van der Waals surface area (Å²) < 4.78 is 0. The SMILES string of the molecule is CC1CCN(CCNCc2ccsc2)CC1. The van der Waals surface area contributed by atoms with E-state index in [9.17, 15) is 0 Å². The first-order valence-corrected chi connectivity index (χ1v) is 7.23. The summed E-state index contributed by atoms with van der Waals surface area (Å²) in [4.78, 5) is 2.58. The van der Waals surface area contributed by atoms with Crippen LogP contribution in [-0.4, -0.2) is 31.1 Å². The van der Waals surface area contributed by atoms with Crippen molar-refractivity contribution in [1.82, 2.24) is 10.2 Å². The topological polar surface area (TPSA) is 15.3 Å². The molecule has 0 aliphatic carbocycles. The largest absolute Gasteiger partial charge is 0.311 e. The van der Waals surface area contributed by atoms with Gasteiger partial charge in [-0.3, -0.25) is 0 Å². The van der Waals surface area contributed by atoms with Crippen LogP contribution in [0.4, 0.5) is 0 Å². The maximum atomic E-state index is 3.51. The summed E-state index contributed by atoms with van der Waals surface area (Å²) in [7, 11) is 0. The highest BCUT2D eigenvalue weighted by atomic mass is 32.1. The third-order valence-electron chi connectivity index (χ3n) is 3.39. The van der Waals surface area contributed by atoms with E-state index >= 15 is 0 Å². The highest BCUT2D eigenvalue weighted by molar-refractivity contribution is 7.07. The molecule has 1 saturated heterocycles. The van der Waals surface area contributed by atoms with Gasteiger partial charge in [0.25, 0.3) is 0 Å². The zero-order chi connectivity index (χ0) is 11.2. The van der Waals surface area contributed by atoms with E-state index in [1.54, 1.807) is 11.3 Å². The van der Waals surface area contributed by atoms with Gasteiger partial charge in [-0.2, -0.15) is 11.3 Å². The van der Waals surface area contributed by atoms with Crippen LogP contribution in [0.1, 0.15) is 25.3 Å². The second kappa shape index (κ2) is 6.38. The van der Waals surface area contributed by atoms with Crippen molar-refractivity contribution in [2.45, 2.75) is 26.3 Å². The lowest BCUT2D eigenvalue weighted by molar-refractivity contribution is 0.193. The molecule has 0 unspecified atom stereocenters. The number of nitrogens with one attached hydrogen (secondary N) is 1. The number of nitrogens with zero attached hydrogens (tertiary/aromatic N) is 1. The van der Waals surface area contributed by atoms with E-state index in [1.807, 2.05) is 0 Å². The molecule has 0 amide bonds. The molecule has 0 bridgehead atoms. The first-order chi connectivity index (χ1) is 7.84. The molecular weight excluding hydrogens is 216 g/mol. The molecule has 1 N–H and O–H groups in total. The van der Waals surface area contributed by atoms with Gasteiger partial charge in [0, 0.05) is 19.6 Å². The molecule has 1 fully saturated rings. The Morgan fingerprint density at radius 2 is 2.25 bits per heavy atom. The van der Waals surface area contributed by atoms with E-state index in [1.165, 1.54) is 38.0 Å². The molecule has 16 heavy (non-hydrogen) atoms. The summed E-state index contributed by atoms with van der Waals surface area (Å²) in [6.45, 7) is 8.30. The Morgan fingerprint density at radius 1 is 1.44 bits per heavy atom. The van der Waals surface area contributed by atoms with Crippen LogP contribution in [0.3, 0.4) is 0 Å². The van der Waals surface area contributed by atoms with Crippen LogP contribution in [0, 0.1) is 5.92 Å².